The van der Waals surface area contributed by atoms with Crippen molar-refractivity contribution in [2.24, 2.45) is 0 Å². The van der Waals surface area contributed by atoms with Gasteiger partial charge in [0.15, 0.2) is 0 Å². The maximum Gasteiger partial charge on any atom is 0.326 e. The van der Waals surface area contributed by atoms with Crippen molar-refractivity contribution in [3.8, 4) is 6.07 Å². The summed E-state index contributed by atoms with van der Waals surface area (Å²) in [5.41, 5.74) is 0.972. The van der Waals surface area contributed by atoms with Gasteiger partial charge in [-0.2, -0.15) is 5.26 Å². The molecular weight excluding hydrogens is 246 g/mol. The summed E-state index contributed by atoms with van der Waals surface area (Å²) in [6.07, 6.45) is 0. The first-order valence-electron chi connectivity index (χ1n) is 5.62. The van der Waals surface area contributed by atoms with E-state index in [-0.39, 0.29) is 0 Å². The van der Waals surface area contributed by atoms with Crippen LogP contribution in [0.25, 0.3) is 0 Å². The van der Waals surface area contributed by atoms with Crippen molar-refractivity contribution in [3.05, 3.63) is 29.8 Å². The molecule has 2 amide bonds. The van der Waals surface area contributed by atoms with Crippen LogP contribution in [0.5, 0.6) is 0 Å². The summed E-state index contributed by atoms with van der Waals surface area (Å²) in [6, 6.07) is 7.15. The number of amides is 2. The third-order valence-corrected chi connectivity index (χ3v) is 2.89. The Morgan fingerprint density at radius 1 is 1.37 bits per heavy atom. The van der Waals surface area contributed by atoms with Crippen LogP contribution in [0, 0.1) is 11.3 Å². The predicted molar refractivity (Wildman–Crippen MR) is 69.8 cm³/mol. The normalized spacial score (nSPS) is 11.3. The Balaban J connectivity index is 2.93. The van der Waals surface area contributed by atoms with Crippen LogP contribution in [0.4, 0.5) is 10.5 Å². The van der Waals surface area contributed by atoms with Crippen molar-refractivity contribution in [2.45, 2.75) is 13.0 Å². The zero-order valence-electron chi connectivity index (χ0n) is 11.0. The molecule has 1 N–H and O–H groups in total. The first-order valence-corrected chi connectivity index (χ1v) is 5.62. The second kappa shape index (κ2) is 5.87. The standard InChI is InChI=1S/C13H15N3O3/c1-9(12(17)18)15(2)13(19)16(3)11-6-4-5-10(7-11)8-14/h4-7,9H,1-3H3,(H,17,18). The van der Waals surface area contributed by atoms with E-state index >= 15 is 0 Å². The number of rotatable bonds is 3. The van der Waals surface area contributed by atoms with E-state index < -0.39 is 18.0 Å². The molecule has 0 aliphatic carbocycles. The van der Waals surface area contributed by atoms with Crippen molar-refractivity contribution in [1.82, 2.24) is 4.90 Å². The summed E-state index contributed by atoms with van der Waals surface area (Å²) in [4.78, 5) is 25.4. The van der Waals surface area contributed by atoms with Crippen LogP contribution in [-0.4, -0.2) is 42.1 Å². The molecule has 0 spiro atoms. The van der Waals surface area contributed by atoms with Crippen LogP contribution >= 0.6 is 0 Å². The zero-order valence-corrected chi connectivity index (χ0v) is 11.0. The highest BCUT2D eigenvalue weighted by Crippen LogP contribution is 2.16. The lowest BCUT2D eigenvalue weighted by atomic mass is 10.2. The average molecular weight is 261 g/mol. The minimum Gasteiger partial charge on any atom is -0.480 e. The predicted octanol–water partition coefficient (Wildman–Crippen LogP) is 1.52. The van der Waals surface area contributed by atoms with Gasteiger partial charge in [0.2, 0.25) is 0 Å². The van der Waals surface area contributed by atoms with E-state index in [0.29, 0.717) is 11.3 Å². The molecule has 19 heavy (non-hydrogen) atoms. The van der Waals surface area contributed by atoms with Gasteiger partial charge in [-0.25, -0.2) is 9.59 Å². The van der Waals surface area contributed by atoms with Crippen molar-refractivity contribution >= 4 is 17.7 Å². The van der Waals surface area contributed by atoms with Crippen LogP contribution in [0.15, 0.2) is 24.3 Å². The first-order chi connectivity index (χ1) is 8.88. The van der Waals surface area contributed by atoms with Gasteiger partial charge in [-0.05, 0) is 25.1 Å². The molecular formula is C13H15N3O3. The second-order valence-electron chi connectivity index (χ2n) is 4.13. The zero-order chi connectivity index (χ0) is 14.6. The maximum absolute atomic E-state index is 12.1. The molecule has 0 radical (unpaired) electrons. The fourth-order valence-corrected chi connectivity index (χ4v) is 1.46. The largest absolute Gasteiger partial charge is 0.480 e. The number of likely N-dealkylation sites (N-methyl/N-ethyl adjacent to an activating group) is 1. The van der Waals surface area contributed by atoms with E-state index in [1.165, 1.54) is 25.9 Å². The molecule has 0 saturated heterocycles. The van der Waals surface area contributed by atoms with E-state index in [9.17, 15) is 9.59 Å². The number of carboxylic acids is 1. The van der Waals surface area contributed by atoms with Gasteiger partial charge in [0.25, 0.3) is 0 Å². The Hall–Kier alpha value is -2.55. The van der Waals surface area contributed by atoms with Crippen LogP contribution in [0.2, 0.25) is 0 Å². The Kier molecular flexibility index (Phi) is 4.48. The number of carbonyl (C=O) groups is 2. The van der Waals surface area contributed by atoms with Gasteiger partial charge in [-0.3, -0.25) is 4.90 Å². The van der Waals surface area contributed by atoms with E-state index in [0.717, 1.165) is 4.90 Å². The van der Waals surface area contributed by atoms with Crippen molar-refractivity contribution < 1.29 is 14.7 Å². The third-order valence-electron chi connectivity index (χ3n) is 2.89. The molecule has 6 nitrogen and oxygen atoms in total. The molecule has 1 unspecified atom stereocenters. The highest BCUT2D eigenvalue weighted by atomic mass is 16.4. The molecule has 0 aliphatic heterocycles. The molecule has 0 aliphatic rings. The second-order valence-corrected chi connectivity index (χ2v) is 4.13. The summed E-state index contributed by atoms with van der Waals surface area (Å²) in [5, 5.41) is 17.7. The third kappa shape index (κ3) is 3.22. The number of carboxylic acid groups (broad SMARTS) is 1. The van der Waals surface area contributed by atoms with Crippen LogP contribution in [0.1, 0.15) is 12.5 Å². The summed E-state index contributed by atoms with van der Waals surface area (Å²) >= 11 is 0. The highest BCUT2D eigenvalue weighted by molar-refractivity contribution is 5.93. The molecule has 0 heterocycles. The first kappa shape index (κ1) is 14.5. The minimum atomic E-state index is -1.07. The van der Waals surface area contributed by atoms with E-state index in [2.05, 4.69) is 0 Å². The Labute approximate surface area is 111 Å². The molecule has 100 valence electrons. The molecule has 0 saturated carbocycles. The maximum atomic E-state index is 12.1. The quantitative estimate of drug-likeness (QED) is 0.893. The number of aliphatic carboxylic acids is 1. The molecule has 1 aromatic carbocycles. The molecule has 0 aromatic heterocycles. The Morgan fingerprint density at radius 2 is 2.00 bits per heavy atom. The lowest BCUT2D eigenvalue weighted by Crippen LogP contribution is -2.46. The van der Waals surface area contributed by atoms with Crippen molar-refractivity contribution in [2.75, 3.05) is 19.0 Å². The Bertz CT molecular complexity index is 536. The number of hydrogen-bond acceptors (Lipinski definition) is 3. The molecule has 1 rings (SSSR count). The number of nitriles is 1. The SMILES string of the molecule is CC(C(=O)O)N(C)C(=O)N(C)c1cccc(C#N)c1. The number of urea groups is 1. The number of hydrogen-bond donors (Lipinski definition) is 1. The molecule has 1 atom stereocenters. The number of nitrogens with zero attached hydrogens (tertiary/aromatic N) is 3. The number of carbonyl (C=O) groups excluding carboxylic acids is 1. The van der Waals surface area contributed by atoms with Gasteiger partial charge in [-0.1, -0.05) is 6.07 Å². The van der Waals surface area contributed by atoms with Crippen LogP contribution < -0.4 is 4.90 Å². The fourth-order valence-electron chi connectivity index (χ4n) is 1.46. The number of anilines is 1. The lowest BCUT2D eigenvalue weighted by Gasteiger charge is -2.27. The van der Waals surface area contributed by atoms with Crippen molar-refractivity contribution in [3.63, 3.8) is 0 Å². The minimum absolute atomic E-state index is 0.436. The van der Waals surface area contributed by atoms with Gasteiger partial charge in [0.1, 0.15) is 6.04 Å². The lowest BCUT2D eigenvalue weighted by molar-refractivity contribution is -0.141. The molecule has 1 aromatic rings. The summed E-state index contributed by atoms with van der Waals surface area (Å²) < 4.78 is 0. The summed E-state index contributed by atoms with van der Waals surface area (Å²) in [7, 11) is 2.95. The summed E-state index contributed by atoms with van der Waals surface area (Å²) in [5.74, 6) is -1.07. The average Bonchev–Trinajstić information content (AvgIpc) is 2.43. The van der Waals surface area contributed by atoms with Gasteiger partial charge in [0.05, 0.1) is 11.6 Å². The monoisotopic (exact) mass is 261 g/mol. The highest BCUT2D eigenvalue weighted by Gasteiger charge is 2.24. The van der Waals surface area contributed by atoms with Crippen molar-refractivity contribution in [1.29, 1.82) is 5.26 Å². The number of benzene rings is 1. The van der Waals surface area contributed by atoms with E-state index in [1.807, 2.05) is 6.07 Å². The topological polar surface area (TPSA) is 84.6 Å². The van der Waals surface area contributed by atoms with Gasteiger partial charge in [-0.15, -0.1) is 0 Å². The molecule has 0 fully saturated rings. The van der Waals surface area contributed by atoms with E-state index in [4.69, 9.17) is 10.4 Å². The Morgan fingerprint density at radius 3 is 2.53 bits per heavy atom. The fraction of sp³-hybridized carbons (Fsp3) is 0.308. The van der Waals surface area contributed by atoms with Crippen LogP contribution in [-0.2, 0) is 4.79 Å². The molecule has 0 bridgehead atoms. The van der Waals surface area contributed by atoms with Gasteiger partial charge < -0.3 is 10.0 Å². The van der Waals surface area contributed by atoms with Gasteiger partial charge >= 0.3 is 12.0 Å². The van der Waals surface area contributed by atoms with Crippen LogP contribution in [0.3, 0.4) is 0 Å². The smallest absolute Gasteiger partial charge is 0.326 e. The van der Waals surface area contributed by atoms with E-state index in [1.54, 1.807) is 24.3 Å². The van der Waals surface area contributed by atoms with Gasteiger partial charge in [0, 0.05) is 19.8 Å². The summed E-state index contributed by atoms with van der Waals surface area (Å²) in [6.45, 7) is 1.43. The molecule has 6 heteroatoms.